The van der Waals surface area contributed by atoms with Crippen molar-refractivity contribution in [3.63, 3.8) is 0 Å². The number of hydrazine groups is 1. The van der Waals surface area contributed by atoms with E-state index in [-0.39, 0.29) is 0 Å². The molecular formula is C9H7AsBr2N2O3. The van der Waals surface area contributed by atoms with Crippen molar-refractivity contribution in [3.05, 3.63) is 26.6 Å². The Hall–Kier alpha value is -0.522. The summed E-state index contributed by atoms with van der Waals surface area (Å²) in [5.74, 6) is -0.437. The van der Waals surface area contributed by atoms with Crippen LogP contribution in [0, 0.1) is 0 Å². The van der Waals surface area contributed by atoms with Gasteiger partial charge < -0.3 is 0 Å². The average Bonchev–Trinajstić information content (AvgIpc) is 2.30. The van der Waals surface area contributed by atoms with E-state index in [0.29, 0.717) is 9.91 Å². The Kier molecular flexibility index (Phi) is 5.49. The number of benzene rings is 1. The molecule has 0 aliphatic heterocycles. The van der Waals surface area contributed by atoms with Gasteiger partial charge in [0.05, 0.1) is 0 Å². The van der Waals surface area contributed by atoms with Crippen LogP contribution in [-0.2, 0) is 4.74 Å². The van der Waals surface area contributed by atoms with Crippen LogP contribution in [0.2, 0.25) is 0 Å². The van der Waals surface area contributed by atoms with E-state index >= 15 is 0 Å². The monoisotopic (exact) mass is 424 g/mol. The van der Waals surface area contributed by atoms with Gasteiger partial charge in [-0.15, -0.1) is 0 Å². The second-order valence-corrected chi connectivity index (χ2v) is 5.56. The number of rotatable bonds is 1. The Morgan fingerprint density at radius 2 is 1.94 bits per heavy atom. The van der Waals surface area contributed by atoms with Crippen LogP contribution in [0.15, 0.2) is 21.1 Å². The molecule has 0 aliphatic carbocycles. The molecule has 0 aromatic heterocycles. The first-order chi connectivity index (χ1) is 7.95. The Balaban J connectivity index is 2.86. The molecule has 0 saturated heterocycles. The Bertz CT molecular complexity index is 468. The molecule has 0 unspecified atom stereocenters. The predicted molar refractivity (Wildman–Crippen MR) is 70.2 cm³/mol. The zero-order chi connectivity index (χ0) is 13.0. The molecule has 5 nitrogen and oxygen atoms in total. The molecule has 1 rings (SSSR count). The molecule has 0 spiro atoms. The maximum absolute atomic E-state index is 11.8. The number of carbonyl (C=O) groups excluding carboxylic acids is 2. The number of amides is 2. The minimum absolute atomic E-state index is 0.419. The van der Waals surface area contributed by atoms with Crippen molar-refractivity contribution in [2.45, 2.75) is 0 Å². The van der Waals surface area contributed by atoms with Crippen molar-refractivity contribution >= 4 is 65.1 Å². The molecule has 1 aromatic rings. The third-order valence-electron chi connectivity index (χ3n) is 1.74. The first-order valence-electron chi connectivity index (χ1n) is 4.28. The normalized spacial score (nSPS) is 9.65. The molecule has 1 aromatic carbocycles. The molecule has 17 heavy (non-hydrogen) atoms. The summed E-state index contributed by atoms with van der Waals surface area (Å²) in [5.41, 5.74) is 4.75. The van der Waals surface area contributed by atoms with Crippen molar-refractivity contribution in [3.8, 4) is 0 Å². The van der Waals surface area contributed by atoms with Crippen LogP contribution in [0.5, 0.6) is 0 Å². The van der Waals surface area contributed by atoms with Crippen LogP contribution in [0.25, 0.3) is 0 Å². The molecule has 0 atom stereocenters. The number of nitrogens with one attached hydrogen (secondary N) is 2. The van der Waals surface area contributed by atoms with Gasteiger partial charge in [-0.2, -0.15) is 0 Å². The molecule has 0 saturated carbocycles. The summed E-state index contributed by atoms with van der Waals surface area (Å²) in [4.78, 5) is 22.6. The van der Waals surface area contributed by atoms with Gasteiger partial charge in [-0.25, -0.2) is 0 Å². The standard InChI is InChI=1S/C9H7AsBr2N2O3/c1-17-9(16)14-13-8(15)5-2-4(11)3-6(12)7(5)10/h2-3H,1H3,(H,13,15)(H,14,16). The average molecular weight is 426 g/mol. The van der Waals surface area contributed by atoms with E-state index in [9.17, 15) is 9.59 Å². The van der Waals surface area contributed by atoms with E-state index in [4.69, 9.17) is 0 Å². The van der Waals surface area contributed by atoms with Crippen molar-refractivity contribution < 1.29 is 14.3 Å². The topological polar surface area (TPSA) is 67.4 Å². The summed E-state index contributed by atoms with van der Waals surface area (Å²) < 4.78 is 6.57. The number of hydrogen-bond donors (Lipinski definition) is 2. The third kappa shape index (κ3) is 4.01. The predicted octanol–water partition coefficient (Wildman–Crippen LogP) is 1.01. The zero-order valence-corrected chi connectivity index (χ0v) is 13.6. The van der Waals surface area contributed by atoms with Crippen LogP contribution in [0.1, 0.15) is 10.4 Å². The van der Waals surface area contributed by atoms with E-state index < -0.39 is 12.0 Å². The fourth-order valence-electron chi connectivity index (χ4n) is 0.965. The van der Waals surface area contributed by atoms with Crippen molar-refractivity contribution in [1.82, 2.24) is 10.9 Å². The van der Waals surface area contributed by atoms with Gasteiger partial charge in [0, 0.05) is 0 Å². The number of methoxy groups -OCH3 is 1. The first-order valence-corrected chi connectivity index (χ1v) is 6.80. The number of ether oxygens (including phenoxy) is 1. The summed E-state index contributed by atoms with van der Waals surface area (Å²) in [7, 11) is 1.21. The van der Waals surface area contributed by atoms with E-state index in [0.717, 1.165) is 8.95 Å². The van der Waals surface area contributed by atoms with Gasteiger partial charge in [0.25, 0.3) is 0 Å². The maximum atomic E-state index is 11.8. The molecule has 2 N–H and O–H groups in total. The summed E-state index contributed by atoms with van der Waals surface area (Å²) in [6.45, 7) is 0. The fraction of sp³-hybridized carbons (Fsp3) is 0.111. The number of halogens is 2. The Morgan fingerprint density at radius 3 is 2.53 bits per heavy atom. The summed E-state index contributed by atoms with van der Waals surface area (Å²) in [6, 6.07) is 3.46. The fourth-order valence-corrected chi connectivity index (χ4v) is 2.67. The second-order valence-electron chi connectivity index (χ2n) is 2.85. The number of carbonyl (C=O) groups is 2. The van der Waals surface area contributed by atoms with Gasteiger partial charge in [-0.3, -0.25) is 0 Å². The van der Waals surface area contributed by atoms with Crippen LogP contribution in [0.3, 0.4) is 0 Å². The summed E-state index contributed by atoms with van der Waals surface area (Å²) in [6.07, 6.45) is -0.737. The number of hydrogen-bond acceptors (Lipinski definition) is 3. The zero-order valence-electron chi connectivity index (χ0n) is 8.58. The Morgan fingerprint density at radius 1 is 1.29 bits per heavy atom. The SMILES string of the molecule is COC(=O)NNC(=O)c1cc(Br)cc(Br)c1[As]. The minimum atomic E-state index is -0.737. The second kappa shape index (κ2) is 6.42. The molecule has 8 heteroatoms. The molecular weight excluding hydrogens is 419 g/mol. The van der Waals surface area contributed by atoms with Crippen LogP contribution in [-0.4, -0.2) is 36.0 Å². The van der Waals surface area contributed by atoms with E-state index in [1.165, 1.54) is 7.11 Å². The van der Waals surface area contributed by atoms with Crippen molar-refractivity contribution in [1.29, 1.82) is 0 Å². The van der Waals surface area contributed by atoms with Crippen LogP contribution in [0.4, 0.5) is 4.79 Å². The van der Waals surface area contributed by atoms with E-state index in [1.807, 2.05) is 6.07 Å². The van der Waals surface area contributed by atoms with Gasteiger partial charge in [0.1, 0.15) is 0 Å². The van der Waals surface area contributed by atoms with Gasteiger partial charge in [0.15, 0.2) is 0 Å². The summed E-state index contributed by atoms with van der Waals surface area (Å²) in [5, 5.41) is 0. The third-order valence-corrected chi connectivity index (χ3v) is 4.50. The molecule has 2 radical (unpaired) electrons. The van der Waals surface area contributed by atoms with E-state index in [2.05, 4.69) is 64.3 Å². The van der Waals surface area contributed by atoms with Crippen LogP contribution >= 0.6 is 31.9 Å². The quantitative estimate of drug-likeness (QED) is 0.521. The molecule has 0 bridgehead atoms. The molecule has 0 aliphatic rings. The molecule has 2 amide bonds. The van der Waals surface area contributed by atoms with Gasteiger partial charge >= 0.3 is 124 Å². The summed E-state index contributed by atoms with van der Waals surface area (Å²) >= 11 is 8.89. The van der Waals surface area contributed by atoms with E-state index in [1.54, 1.807) is 6.07 Å². The van der Waals surface area contributed by atoms with Crippen molar-refractivity contribution in [2.75, 3.05) is 7.11 Å². The van der Waals surface area contributed by atoms with Gasteiger partial charge in [-0.1, -0.05) is 0 Å². The first kappa shape index (κ1) is 14.5. The molecule has 90 valence electrons. The van der Waals surface area contributed by atoms with Crippen LogP contribution < -0.4 is 15.2 Å². The van der Waals surface area contributed by atoms with Crippen molar-refractivity contribution in [2.24, 2.45) is 0 Å². The van der Waals surface area contributed by atoms with Gasteiger partial charge in [0.2, 0.25) is 0 Å². The Labute approximate surface area is 123 Å². The molecule has 0 fully saturated rings. The van der Waals surface area contributed by atoms with Gasteiger partial charge in [-0.05, 0) is 0 Å². The molecule has 0 heterocycles.